The molecule has 1 aromatic rings. The minimum absolute atomic E-state index is 0.0951. The fourth-order valence-electron chi connectivity index (χ4n) is 1.29. The molecule has 4 heteroatoms. The van der Waals surface area contributed by atoms with Crippen molar-refractivity contribution in [1.82, 2.24) is 5.32 Å². The Morgan fingerprint density at radius 2 is 2.29 bits per heavy atom. The molecule has 0 radical (unpaired) electrons. The second kappa shape index (κ2) is 5.17. The van der Waals surface area contributed by atoms with Gasteiger partial charge >= 0.3 is 0 Å². The monoisotopic (exact) mass is 217 g/mol. The Labute approximate surface area is 88.0 Å². The van der Waals surface area contributed by atoms with Crippen LogP contribution >= 0.6 is 11.6 Å². The zero-order valence-electron chi connectivity index (χ0n) is 8.18. The summed E-state index contributed by atoms with van der Waals surface area (Å²) in [7, 11) is 3.33. The molecule has 1 atom stereocenters. The first-order valence-electron chi connectivity index (χ1n) is 4.29. The zero-order chi connectivity index (χ0) is 10.6. The first-order valence-corrected chi connectivity index (χ1v) is 4.83. The van der Waals surface area contributed by atoms with Gasteiger partial charge in [-0.2, -0.15) is 0 Å². The van der Waals surface area contributed by atoms with Crippen LogP contribution < -0.4 is 10.1 Å². The predicted octanol–water partition coefficient (Wildman–Crippen LogP) is 2.33. The van der Waals surface area contributed by atoms with Gasteiger partial charge in [0.05, 0.1) is 7.11 Å². The fraction of sp³-hybridized carbons (Fsp3) is 0.400. The van der Waals surface area contributed by atoms with Crippen molar-refractivity contribution >= 4 is 11.6 Å². The van der Waals surface area contributed by atoms with E-state index in [0.717, 1.165) is 5.56 Å². The summed E-state index contributed by atoms with van der Waals surface area (Å²) in [5.74, 6) is 0.730. The van der Waals surface area contributed by atoms with Gasteiger partial charge in [-0.15, -0.1) is 11.6 Å². The van der Waals surface area contributed by atoms with Gasteiger partial charge < -0.3 is 10.1 Å². The summed E-state index contributed by atoms with van der Waals surface area (Å²) < 4.78 is 18.1. The molecule has 1 rings (SSSR count). The van der Waals surface area contributed by atoms with Crippen molar-refractivity contribution in [3.05, 3.63) is 29.6 Å². The van der Waals surface area contributed by atoms with E-state index in [9.17, 15) is 4.39 Å². The van der Waals surface area contributed by atoms with Gasteiger partial charge in [-0.1, -0.05) is 0 Å². The smallest absolute Gasteiger partial charge is 0.123 e. The standard InChI is InChI=1S/C10H13ClFNO/c1-13-9(6-11)8-5-7(12)3-4-10(8)14-2/h3-5,9,13H,6H2,1-2H3. The van der Waals surface area contributed by atoms with Crippen molar-refractivity contribution in [2.45, 2.75) is 6.04 Å². The summed E-state index contributed by atoms with van der Waals surface area (Å²) in [4.78, 5) is 0. The molecule has 1 unspecified atom stereocenters. The van der Waals surface area contributed by atoms with Gasteiger partial charge in [0.25, 0.3) is 0 Å². The lowest BCUT2D eigenvalue weighted by atomic mass is 10.1. The van der Waals surface area contributed by atoms with E-state index in [-0.39, 0.29) is 11.9 Å². The van der Waals surface area contributed by atoms with Crippen LogP contribution in [0.5, 0.6) is 5.75 Å². The third-order valence-electron chi connectivity index (χ3n) is 2.07. The largest absolute Gasteiger partial charge is 0.496 e. The molecule has 0 saturated heterocycles. The molecular formula is C10H13ClFNO. The lowest BCUT2D eigenvalue weighted by Gasteiger charge is -2.16. The summed E-state index contributed by atoms with van der Waals surface area (Å²) in [6.07, 6.45) is 0. The van der Waals surface area contributed by atoms with E-state index in [1.165, 1.54) is 12.1 Å². The number of nitrogens with one attached hydrogen (secondary N) is 1. The van der Waals surface area contributed by atoms with Crippen molar-refractivity contribution in [2.24, 2.45) is 0 Å². The zero-order valence-corrected chi connectivity index (χ0v) is 8.94. The third-order valence-corrected chi connectivity index (χ3v) is 2.38. The van der Waals surface area contributed by atoms with E-state index in [1.807, 2.05) is 0 Å². The summed E-state index contributed by atoms with van der Waals surface area (Å²) in [6.45, 7) is 0. The highest BCUT2D eigenvalue weighted by atomic mass is 35.5. The lowest BCUT2D eigenvalue weighted by molar-refractivity contribution is 0.402. The highest BCUT2D eigenvalue weighted by Gasteiger charge is 2.13. The van der Waals surface area contributed by atoms with E-state index in [4.69, 9.17) is 16.3 Å². The number of hydrogen-bond acceptors (Lipinski definition) is 2. The van der Waals surface area contributed by atoms with E-state index in [0.29, 0.717) is 11.6 Å². The minimum Gasteiger partial charge on any atom is -0.496 e. The van der Waals surface area contributed by atoms with Crippen LogP contribution in [0.15, 0.2) is 18.2 Å². The SMILES string of the molecule is CNC(CCl)c1cc(F)ccc1OC. The molecule has 0 aliphatic rings. The molecule has 0 aromatic heterocycles. The first-order chi connectivity index (χ1) is 6.72. The second-order valence-electron chi connectivity index (χ2n) is 2.88. The van der Waals surface area contributed by atoms with Crippen molar-refractivity contribution < 1.29 is 9.13 Å². The van der Waals surface area contributed by atoms with Crippen LogP contribution in [0.1, 0.15) is 11.6 Å². The average Bonchev–Trinajstić information content (AvgIpc) is 2.20. The third kappa shape index (κ3) is 2.36. The molecule has 2 nitrogen and oxygen atoms in total. The normalized spacial score (nSPS) is 12.6. The first kappa shape index (κ1) is 11.3. The van der Waals surface area contributed by atoms with Gasteiger partial charge in [0, 0.05) is 17.5 Å². The molecule has 78 valence electrons. The molecule has 0 heterocycles. The van der Waals surface area contributed by atoms with Gasteiger partial charge in [-0.3, -0.25) is 0 Å². The van der Waals surface area contributed by atoms with Crippen molar-refractivity contribution in [1.29, 1.82) is 0 Å². The maximum absolute atomic E-state index is 13.0. The van der Waals surface area contributed by atoms with Gasteiger partial charge in [0.15, 0.2) is 0 Å². The van der Waals surface area contributed by atoms with E-state index < -0.39 is 0 Å². The minimum atomic E-state index is -0.286. The molecule has 1 aromatic carbocycles. The van der Waals surface area contributed by atoms with Crippen LogP contribution in [-0.2, 0) is 0 Å². The number of methoxy groups -OCH3 is 1. The summed E-state index contributed by atoms with van der Waals surface area (Å²) >= 11 is 5.74. The van der Waals surface area contributed by atoms with E-state index in [1.54, 1.807) is 20.2 Å². The fourth-order valence-corrected chi connectivity index (χ4v) is 1.61. The highest BCUT2D eigenvalue weighted by Crippen LogP contribution is 2.26. The second-order valence-corrected chi connectivity index (χ2v) is 3.19. The molecule has 1 N–H and O–H groups in total. The lowest BCUT2D eigenvalue weighted by Crippen LogP contribution is -2.18. The van der Waals surface area contributed by atoms with E-state index in [2.05, 4.69) is 5.32 Å². The Hall–Kier alpha value is -0.800. The molecule has 0 saturated carbocycles. The summed E-state index contributed by atoms with van der Waals surface area (Å²) in [5.41, 5.74) is 0.741. The molecule has 0 bridgehead atoms. The van der Waals surface area contributed by atoms with Gasteiger partial charge in [0.1, 0.15) is 11.6 Å². The summed E-state index contributed by atoms with van der Waals surface area (Å²) in [5, 5.41) is 2.99. The van der Waals surface area contributed by atoms with Gasteiger partial charge in [-0.05, 0) is 25.2 Å². The maximum atomic E-state index is 13.0. The van der Waals surface area contributed by atoms with Gasteiger partial charge in [-0.25, -0.2) is 4.39 Å². The number of ether oxygens (including phenoxy) is 1. The quantitative estimate of drug-likeness (QED) is 0.782. The maximum Gasteiger partial charge on any atom is 0.123 e. The van der Waals surface area contributed by atoms with E-state index >= 15 is 0 Å². The van der Waals surface area contributed by atoms with Crippen LogP contribution in [0.25, 0.3) is 0 Å². The number of halogens is 2. The van der Waals surface area contributed by atoms with Crippen LogP contribution in [0.2, 0.25) is 0 Å². The Bertz CT molecular complexity index is 302. The number of hydrogen-bond donors (Lipinski definition) is 1. The number of alkyl halides is 1. The van der Waals surface area contributed by atoms with Crippen molar-refractivity contribution in [3.63, 3.8) is 0 Å². The van der Waals surface area contributed by atoms with Crippen LogP contribution in [0.4, 0.5) is 4.39 Å². The molecule has 0 aliphatic carbocycles. The molecular weight excluding hydrogens is 205 g/mol. The molecule has 0 fully saturated rings. The van der Waals surface area contributed by atoms with Crippen LogP contribution in [-0.4, -0.2) is 20.0 Å². The Kier molecular flexibility index (Phi) is 4.17. The number of rotatable bonds is 4. The van der Waals surface area contributed by atoms with Crippen molar-refractivity contribution in [2.75, 3.05) is 20.0 Å². The van der Waals surface area contributed by atoms with Crippen LogP contribution in [0, 0.1) is 5.82 Å². The predicted molar refractivity (Wildman–Crippen MR) is 55.5 cm³/mol. The Morgan fingerprint density at radius 1 is 1.57 bits per heavy atom. The molecule has 0 spiro atoms. The Balaban J connectivity index is 3.08. The Morgan fingerprint density at radius 3 is 2.79 bits per heavy atom. The van der Waals surface area contributed by atoms with Crippen molar-refractivity contribution in [3.8, 4) is 5.75 Å². The topological polar surface area (TPSA) is 21.3 Å². The van der Waals surface area contributed by atoms with Crippen LogP contribution in [0.3, 0.4) is 0 Å². The van der Waals surface area contributed by atoms with Gasteiger partial charge in [0.2, 0.25) is 0 Å². The molecule has 14 heavy (non-hydrogen) atoms. The highest BCUT2D eigenvalue weighted by molar-refractivity contribution is 6.18. The summed E-state index contributed by atoms with van der Waals surface area (Å²) in [6, 6.07) is 4.30. The number of benzene rings is 1. The molecule has 0 amide bonds. The average molecular weight is 218 g/mol. The molecule has 0 aliphatic heterocycles.